The molecular formula is C12H15N3O2S. The van der Waals surface area contributed by atoms with Crippen molar-refractivity contribution in [3.63, 3.8) is 0 Å². The first-order valence-electron chi connectivity index (χ1n) is 5.50. The fourth-order valence-electron chi connectivity index (χ4n) is 1.65. The molecule has 2 rings (SSSR count). The molecule has 4 N–H and O–H groups in total. The molecule has 0 amide bonds. The van der Waals surface area contributed by atoms with Gasteiger partial charge in [0, 0.05) is 6.20 Å². The molecule has 5 nitrogen and oxygen atoms in total. The predicted molar refractivity (Wildman–Crippen MR) is 73.1 cm³/mol. The molecule has 1 heterocycles. The Morgan fingerprint density at radius 1 is 1.44 bits per heavy atom. The van der Waals surface area contributed by atoms with E-state index < -0.39 is 0 Å². The van der Waals surface area contributed by atoms with E-state index in [2.05, 4.69) is 23.1 Å². The average molecular weight is 265 g/mol. The summed E-state index contributed by atoms with van der Waals surface area (Å²) >= 11 is 4.68. The second-order valence-electron chi connectivity index (χ2n) is 3.99. The Balaban J connectivity index is 1.94. The largest absolute Gasteiger partial charge is 0.454 e. The van der Waals surface area contributed by atoms with Crippen molar-refractivity contribution in [2.45, 2.75) is 13.3 Å². The van der Waals surface area contributed by atoms with Crippen molar-refractivity contribution in [1.29, 1.82) is 0 Å². The Labute approximate surface area is 111 Å². The van der Waals surface area contributed by atoms with E-state index in [0.717, 1.165) is 29.1 Å². The number of ether oxygens (including phenoxy) is 2. The number of nitrogens with one attached hydrogen (secondary N) is 2. The molecule has 1 aromatic rings. The van der Waals surface area contributed by atoms with Gasteiger partial charge in [0.05, 0.1) is 0 Å². The van der Waals surface area contributed by atoms with Gasteiger partial charge in [-0.2, -0.15) is 0 Å². The van der Waals surface area contributed by atoms with E-state index in [1.807, 2.05) is 31.3 Å². The van der Waals surface area contributed by atoms with Crippen molar-refractivity contribution in [2.75, 3.05) is 6.79 Å². The van der Waals surface area contributed by atoms with Gasteiger partial charge in [0.15, 0.2) is 16.6 Å². The number of hydrazine groups is 1. The number of allylic oxidation sites excluding steroid dienone is 1. The highest BCUT2D eigenvalue weighted by molar-refractivity contribution is 7.80. The molecule has 1 aliphatic heterocycles. The van der Waals surface area contributed by atoms with Crippen LogP contribution in [-0.4, -0.2) is 11.9 Å². The summed E-state index contributed by atoms with van der Waals surface area (Å²) in [6, 6.07) is 5.93. The van der Waals surface area contributed by atoms with Crippen molar-refractivity contribution < 1.29 is 9.47 Å². The van der Waals surface area contributed by atoms with Crippen molar-refractivity contribution in [3.8, 4) is 11.5 Å². The van der Waals surface area contributed by atoms with Crippen LogP contribution in [0.15, 0.2) is 30.0 Å². The third kappa shape index (κ3) is 3.27. The van der Waals surface area contributed by atoms with Crippen LogP contribution < -0.4 is 26.1 Å². The van der Waals surface area contributed by atoms with E-state index in [-0.39, 0.29) is 5.11 Å². The van der Waals surface area contributed by atoms with Gasteiger partial charge in [-0.1, -0.05) is 11.6 Å². The van der Waals surface area contributed by atoms with E-state index in [1.54, 1.807) is 0 Å². The molecule has 0 saturated carbocycles. The number of thiocarbonyl (C=S) groups is 1. The molecule has 96 valence electrons. The van der Waals surface area contributed by atoms with Crippen LogP contribution in [0.5, 0.6) is 11.5 Å². The fraction of sp³-hybridized carbons (Fsp3) is 0.250. The quantitative estimate of drug-likeness (QED) is 0.561. The monoisotopic (exact) mass is 265 g/mol. The second kappa shape index (κ2) is 5.59. The van der Waals surface area contributed by atoms with Crippen LogP contribution in [0.1, 0.15) is 12.5 Å². The van der Waals surface area contributed by atoms with Gasteiger partial charge in [-0.05, 0) is 43.3 Å². The molecular weight excluding hydrogens is 250 g/mol. The van der Waals surface area contributed by atoms with E-state index in [1.165, 1.54) is 0 Å². The third-order valence-corrected chi connectivity index (χ3v) is 2.54. The van der Waals surface area contributed by atoms with Crippen LogP contribution in [0.2, 0.25) is 0 Å². The summed E-state index contributed by atoms with van der Waals surface area (Å²) < 4.78 is 10.6. The van der Waals surface area contributed by atoms with Crippen molar-refractivity contribution in [3.05, 3.63) is 35.5 Å². The minimum absolute atomic E-state index is 0.210. The van der Waals surface area contributed by atoms with Crippen LogP contribution in [0.4, 0.5) is 0 Å². The summed E-state index contributed by atoms with van der Waals surface area (Å²) in [6.45, 7) is 2.31. The lowest BCUT2D eigenvalue weighted by molar-refractivity contribution is 0.174. The fourth-order valence-corrected chi connectivity index (χ4v) is 1.71. The van der Waals surface area contributed by atoms with Gasteiger partial charge >= 0.3 is 0 Å². The van der Waals surface area contributed by atoms with Crippen LogP contribution in [0, 0.1) is 0 Å². The Bertz CT molecular complexity index is 488. The number of hydrogen-bond donors (Lipinski definition) is 3. The first-order chi connectivity index (χ1) is 8.65. The van der Waals surface area contributed by atoms with Crippen molar-refractivity contribution in [2.24, 2.45) is 5.73 Å². The number of rotatable bonds is 4. The molecule has 0 unspecified atom stereocenters. The highest BCUT2D eigenvalue weighted by Crippen LogP contribution is 2.32. The van der Waals surface area contributed by atoms with Gasteiger partial charge in [-0.25, -0.2) is 0 Å². The summed E-state index contributed by atoms with van der Waals surface area (Å²) in [4.78, 5) is 0. The molecule has 0 bridgehead atoms. The maximum Gasteiger partial charge on any atom is 0.231 e. The third-order valence-electron chi connectivity index (χ3n) is 2.43. The van der Waals surface area contributed by atoms with Gasteiger partial charge in [-0.3, -0.25) is 5.43 Å². The van der Waals surface area contributed by atoms with Gasteiger partial charge in [-0.15, -0.1) is 0 Å². The average Bonchev–Trinajstić information content (AvgIpc) is 2.75. The molecule has 1 aromatic carbocycles. The number of fused-ring (bicyclic) bond motifs is 1. The standard InChI is InChI=1S/C12H15N3O2S/c1-8(6-14-15-12(13)18)4-9-2-3-10-11(5-9)17-7-16-10/h2-3,5-6,14H,4,7H2,1H3,(H3,13,15,18). The smallest absolute Gasteiger partial charge is 0.231 e. The first-order valence-corrected chi connectivity index (χ1v) is 5.91. The molecule has 0 radical (unpaired) electrons. The second-order valence-corrected chi connectivity index (χ2v) is 4.43. The van der Waals surface area contributed by atoms with Crippen LogP contribution in [0.25, 0.3) is 0 Å². The Morgan fingerprint density at radius 2 is 2.22 bits per heavy atom. The van der Waals surface area contributed by atoms with E-state index in [9.17, 15) is 0 Å². The topological polar surface area (TPSA) is 68.5 Å². The maximum absolute atomic E-state index is 5.33. The zero-order valence-corrected chi connectivity index (χ0v) is 10.8. The van der Waals surface area contributed by atoms with Gasteiger partial charge in [0.25, 0.3) is 0 Å². The summed E-state index contributed by atoms with van der Waals surface area (Å²) in [7, 11) is 0. The van der Waals surface area contributed by atoms with Crippen LogP contribution >= 0.6 is 12.2 Å². The Hall–Kier alpha value is -1.95. The summed E-state index contributed by atoms with van der Waals surface area (Å²) in [5.74, 6) is 1.60. The zero-order valence-electron chi connectivity index (χ0n) is 10.0. The summed E-state index contributed by atoms with van der Waals surface area (Å²) in [5.41, 5.74) is 13.1. The van der Waals surface area contributed by atoms with Crippen LogP contribution in [0.3, 0.4) is 0 Å². The lowest BCUT2D eigenvalue weighted by Gasteiger charge is -2.06. The lowest BCUT2D eigenvalue weighted by atomic mass is 10.1. The predicted octanol–water partition coefficient (Wildman–Crippen LogP) is 1.20. The van der Waals surface area contributed by atoms with E-state index in [4.69, 9.17) is 15.2 Å². The normalized spacial score (nSPS) is 13.3. The Kier molecular flexibility index (Phi) is 3.88. The zero-order chi connectivity index (χ0) is 13.0. The lowest BCUT2D eigenvalue weighted by Crippen LogP contribution is -2.37. The van der Waals surface area contributed by atoms with E-state index >= 15 is 0 Å². The molecule has 18 heavy (non-hydrogen) atoms. The molecule has 0 fully saturated rings. The SMILES string of the molecule is CC(=CNNC(N)=S)Cc1ccc2c(c1)OCO2. The van der Waals surface area contributed by atoms with Gasteiger partial charge in [0.1, 0.15) is 0 Å². The van der Waals surface area contributed by atoms with Crippen molar-refractivity contribution in [1.82, 2.24) is 10.9 Å². The molecule has 0 atom stereocenters. The molecule has 0 aliphatic carbocycles. The summed E-state index contributed by atoms with van der Waals surface area (Å²) in [5, 5.41) is 0.210. The highest BCUT2D eigenvalue weighted by Gasteiger charge is 2.12. The molecule has 0 aromatic heterocycles. The van der Waals surface area contributed by atoms with Crippen molar-refractivity contribution >= 4 is 17.3 Å². The van der Waals surface area contributed by atoms with Gasteiger partial charge < -0.3 is 20.6 Å². The van der Waals surface area contributed by atoms with Crippen LogP contribution in [-0.2, 0) is 6.42 Å². The summed E-state index contributed by atoms with van der Waals surface area (Å²) in [6.07, 6.45) is 2.63. The highest BCUT2D eigenvalue weighted by atomic mass is 32.1. The number of benzene rings is 1. The van der Waals surface area contributed by atoms with Gasteiger partial charge in [0.2, 0.25) is 6.79 Å². The maximum atomic E-state index is 5.33. The minimum Gasteiger partial charge on any atom is -0.454 e. The molecule has 6 heteroatoms. The Morgan fingerprint density at radius 3 is 3.00 bits per heavy atom. The number of nitrogens with two attached hydrogens (primary N) is 1. The minimum atomic E-state index is 0.210. The first kappa shape index (κ1) is 12.5. The molecule has 0 spiro atoms. The van der Waals surface area contributed by atoms with E-state index in [0.29, 0.717) is 6.79 Å². The molecule has 1 aliphatic rings. The molecule has 0 saturated heterocycles. The number of hydrogen-bond acceptors (Lipinski definition) is 4.